The third-order valence-corrected chi connectivity index (χ3v) is 2.90. The Kier molecular flexibility index (Phi) is 5.97. The van der Waals surface area contributed by atoms with Crippen molar-refractivity contribution in [1.82, 2.24) is 0 Å². The second-order valence-corrected chi connectivity index (χ2v) is 5.73. The molecule has 0 aliphatic heterocycles. The molecular weight excluding hydrogens is 271 g/mol. The largest absolute Gasteiger partial charge is 0.469 e. The monoisotopic (exact) mass is 284 g/mol. The van der Waals surface area contributed by atoms with Gasteiger partial charge in [0.2, 0.25) is 0 Å². The summed E-state index contributed by atoms with van der Waals surface area (Å²) in [4.78, 5) is 15.4. The molecule has 0 saturated heterocycles. The lowest BCUT2D eigenvalue weighted by Gasteiger charge is -1.95. The molecule has 0 aliphatic rings. The summed E-state index contributed by atoms with van der Waals surface area (Å²) in [7, 11) is -7.22. The molecule has 0 heterocycles. The van der Waals surface area contributed by atoms with Gasteiger partial charge in [-0.3, -0.25) is 9.08 Å². The number of rotatable bonds is 2. The van der Waals surface area contributed by atoms with Crippen LogP contribution in [0.1, 0.15) is 5.56 Å². The van der Waals surface area contributed by atoms with E-state index < -0.39 is 17.9 Å². The molecule has 1 aromatic carbocycles. The highest BCUT2D eigenvalue weighted by atomic mass is 32.2. The van der Waals surface area contributed by atoms with Crippen molar-refractivity contribution in [3.8, 4) is 0 Å². The predicted octanol–water partition coefficient (Wildman–Crippen LogP) is 0.967. The van der Waals surface area contributed by atoms with Gasteiger partial charge in [0.1, 0.15) is 0 Å². The highest BCUT2D eigenvalue weighted by molar-refractivity contribution is 7.85. The Morgan fingerprint density at radius 1 is 1.18 bits per heavy atom. The van der Waals surface area contributed by atoms with Crippen molar-refractivity contribution in [2.75, 3.05) is 7.11 Å². The maximum absolute atomic E-state index is 10.5. The third-order valence-electron chi connectivity index (χ3n) is 1.56. The van der Waals surface area contributed by atoms with Crippen LogP contribution >= 0.6 is 7.82 Å². The smallest absolute Gasteiger partial charge is 0.303 e. The zero-order valence-corrected chi connectivity index (χ0v) is 10.9. The SMILES string of the molecule is COP(=O)(O)O.Cc1ccc(S(=O)(=O)O)cc1. The summed E-state index contributed by atoms with van der Waals surface area (Å²) in [5.41, 5.74) is 0.956. The molecule has 0 aromatic heterocycles. The second-order valence-electron chi connectivity index (χ2n) is 2.96. The van der Waals surface area contributed by atoms with Gasteiger partial charge in [-0.05, 0) is 19.1 Å². The molecular formula is C8H13O7PS. The van der Waals surface area contributed by atoms with Crippen molar-refractivity contribution in [3.63, 3.8) is 0 Å². The first-order valence-corrected chi connectivity index (χ1v) is 7.19. The van der Waals surface area contributed by atoms with Gasteiger partial charge in [-0.15, -0.1) is 0 Å². The van der Waals surface area contributed by atoms with Crippen LogP contribution in [0, 0.1) is 6.92 Å². The Labute approximate surface area is 99.0 Å². The van der Waals surface area contributed by atoms with Crippen molar-refractivity contribution in [3.05, 3.63) is 29.8 Å². The summed E-state index contributed by atoms with van der Waals surface area (Å²) < 4.78 is 42.6. The molecule has 0 bridgehead atoms. The van der Waals surface area contributed by atoms with Gasteiger partial charge in [-0.25, -0.2) is 4.57 Å². The molecule has 1 aromatic rings. The van der Waals surface area contributed by atoms with Crippen LogP contribution in [0.15, 0.2) is 29.2 Å². The minimum Gasteiger partial charge on any atom is -0.303 e. The summed E-state index contributed by atoms with van der Waals surface area (Å²) in [6.45, 7) is 1.84. The van der Waals surface area contributed by atoms with Gasteiger partial charge in [-0.1, -0.05) is 17.7 Å². The fourth-order valence-corrected chi connectivity index (χ4v) is 1.19. The normalized spacial score (nSPS) is 11.6. The van der Waals surface area contributed by atoms with Gasteiger partial charge in [0.15, 0.2) is 0 Å². The molecule has 0 unspecified atom stereocenters. The zero-order valence-electron chi connectivity index (χ0n) is 9.14. The number of hydrogen-bond donors (Lipinski definition) is 3. The third kappa shape index (κ3) is 8.03. The van der Waals surface area contributed by atoms with Crippen molar-refractivity contribution < 1.29 is 31.8 Å². The molecule has 98 valence electrons. The highest BCUT2D eigenvalue weighted by Gasteiger charge is 2.07. The standard InChI is InChI=1S/C7H8O3S.CH5O4P/c1-6-2-4-7(5-3-6)11(8,9)10;1-5-6(2,3)4/h2-5H,1H3,(H,8,9,10);1H3,(H2,2,3,4). The molecule has 3 N–H and O–H groups in total. The van der Waals surface area contributed by atoms with E-state index in [1.807, 2.05) is 6.92 Å². The van der Waals surface area contributed by atoms with Gasteiger partial charge in [0, 0.05) is 7.11 Å². The van der Waals surface area contributed by atoms with Crippen LogP contribution in [0.25, 0.3) is 0 Å². The molecule has 0 saturated carbocycles. The lowest BCUT2D eigenvalue weighted by Crippen LogP contribution is -1.96. The maximum Gasteiger partial charge on any atom is 0.469 e. The summed E-state index contributed by atoms with van der Waals surface area (Å²) >= 11 is 0. The fourth-order valence-electron chi connectivity index (χ4n) is 0.710. The van der Waals surface area contributed by atoms with Crippen molar-refractivity contribution >= 4 is 17.9 Å². The predicted molar refractivity (Wildman–Crippen MR) is 60.0 cm³/mol. The molecule has 0 fully saturated rings. The minimum atomic E-state index is -4.15. The Balaban J connectivity index is 0.000000366. The first-order valence-electron chi connectivity index (χ1n) is 4.21. The Morgan fingerprint density at radius 2 is 1.53 bits per heavy atom. The topological polar surface area (TPSA) is 121 Å². The Morgan fingerprint density at radius 3 is 1.76 bits per heavy atom. The summed E-state index contributed by atoms with van der Waals surface area (Å²) in [5, 5.41) is 0. The Hall–Kier alpha value is -0.760. The quantitative estimate of drug-likeness (QED) is 0.546. The molecule has 7 nitrogen and oxygen atoms in total. The molecule has 0 spiro atoms. The van der Waals surface area contributed by atoms with Crippen LogP contribution in [-0.4, -0.2) is 29.9 Å². The molecule has 1 rings (SSSR count). The molecule has 9 heteroatoms. The van der Waals surface area contributed by atoms with Crippen LogP contribution in [0.2, 0.25) is 0 Å². The average molecular weight is 284 g/mol. The maximum atomic E-state index is 10.5. The molecule has 0 amide bonds. The number of phosphoric acid groups is 1. The van der Waals surface area contributed by atoms with E-state index >= 15 is 0 Å². The molecule has 17 heavy (non-hydrogen) atoms. The van der Waals surface area contributed by atoms with Crippen LogP contribution < -0.4 is 0 Å². The van der Waals surface area contributed by atoms with E-state index in [9.17, 15) is 13.0 Å². The van der Waals surface area contributed by atoms with E-state index in [-0.39, 0.29) is 4.90 Å². The Bertz CT molecular complexity index is 487. The van der Waals surface area contributed by atoms with Crippen molar-refractivity contribution in [2.45, 2.75) is 11.8 Å². The van der Waals surface area contributed by atoms with Gasteiger partial charge in [-0.2, -0.15) is 8.42 Å². The zero-order chi connectivity index (χ0) is 13.7. The summed E-state index contributed by atoms with van der Waals surface area (Å²) in [6.07, 6.45) is 0. The first-order chi connectivity index (χ1) is 7.56. The van der Waals surface area contributed by atoms with Gasteiger partial charge in [0.25, 0.3) is 10.1 Å². The summed E-state index contributed by atoms with van der Waals surface area (Å²) in [6, 6.07) is 5.99. The van der Waals surface area contributed by atoms with E-state index in [1.54, 1.807) is 12.1 Å². The molecule has 0 radical (unpaired) electrons. The average Bonchev–Trinajstić information content (AvgIpc) is 2.17. The minimum absolute atomic E-state index is 0.0666. The van der Waals surface area contributed by atoms with Gasteiger partial charge >= 0.3 is 7.82 Å². The second kappa shape index (κ2) is 6.25. The van der Waals surface area contributed by atoms with E-state index in [1.165, 1.54) is 12.1 Å². The summed E-state index contributed by atoms with van der Waals surface area (Å²) in [5.74, 6) is 0. The molecule has 0 atom stereocenters. The van der Waals surface area contributed by atoms with Crippen molar-refractivity contribution in [1.29, 1.82) is 0 Å². The van der Waals surface area contributed by atoms with E-state index in [4.69, 9.17) is 14.3 Å². The molecule has 0 aliphatic carbocycles. The number of aryl methyl sites for hydroxylation is 1. The number of benzene rings is 1. The van der Waals surface area contributed by atoms with E-state index in [2.05, 4.69) is 4.52 Å². The number of hydrogen-bond acceptors (Lipinski definition) is 4. The van der Waals surface area contributed by atoms with E-state index in [0.29, 0.717) is 0 Å². The van der Waals surface area contributed by atoms with Crippen LogP contribution in [0.4, 0.5) is 0 Å². The van der Waals surface area contributed by atoms with Crippen LogP contribution in [-0.2, 0) is 19.2 Å². The fraction of sp³-hybridized carbons (Fsp3) is 0.250. The first kappa shape index (κ1) is 16.2. The van der Waals surface area contributed by atoms with Crippen molar-refractivity contribution in [2.24, 2.45) is 0 Å². The van der Waals surface area contributed by atoms with Crippen LogP contribution in [0.5, 0.6) is 0 Å². The number of phosphoric ester groups is 1. The lowest BCUT2D eigenvalue weighted by molar-refractivity contribution is 0.235. The van der Waals surface area contributed by atoms with Crippen LogP contribution in [0.3, 0.4) is 0 Å². The van der Waals surface area contributed by atoms with Gasteiger partial charge in [0.05, 0.1) is 4.90 Å². The highest BCUT2D eigenvalue weighted by Crippen LogP contribution is 2.33. The van der Waals surface area contributed by atoms with E-state index in [0.717, 1.165) is 12.7 Å². The lowest BCUT2D eigenvalue weighted by atomic mass is 10.2. The van der Waals surface area contributed by atoms with Gasteiger partial charge < -0.3 is 9.79 Å².